The van der Waals surface area contributed by atoms with E-state index in [0.29, 0.717) is 6.54 Å². The minimum absolute atomic E-state index is 0.0247. The quantitative estimate of drug-likeness (QED) is 0.846. The predicted octanol–water partition coefficient (Wildman–Crippen LogP) is 2.73. The standard InChI is InChI=1S/C14H17BrN2O2/c1-4-7-17(11(3)18)9-14(19)16-13-6-5-12(15)8-10(13)2/h4-6,8H,1,7,9H2,2-3H3,(H,16,19). The second-order valence-corrected chi connectivity index (χ2v) is 5.11. The molecule has 0 aromatic heterocycles. The van der Waals surface area contributed by atoms with Crippen LogP contribution in [0.15, 0.2) is 35.3 Å². The van der Waals surface area contributed by atoms with Gasteiger partial charge in [-0.1, -0.05) is 22.0 Å². The molecule has 0 bridgehead atoms. The van der Waals surface area contributed by atoms with Gasteiger partial charge in [0.15, 0.2) is 0 Å². The van der Waals surface area contributed by atoms with Gasteiger partial charge < -0.3 is 10.2 Å². The molecule has 4 nitrogen and oxygen atoms in total. The number of aryl methyl sites for hydroxylation is 1. The first-order valence-corrected chi connectivity index (χ1v) is 6.65. The topological polar surface area (TPSA) is 49.4 Å². The molecular weight excluding hydrogens is 308 g/mol. The zero-order valence-corrected chi connectivity index (χ0v) is 12.7. The third-order valence-electron chi connectivity index (χ3n) is 2.59. The summed E-state index contributed by atoms with van der Waals surface area (Å²) in [7, 11) is 0. The van der Waals surface area contributed by atoms with Gasteiger partial charge in [0, 0.05) is 23.6 Å². The third kappa shape index (κ3) is 4.87. The number of amides is 2. The van der Waals surface area contributed by atoms with Crippen LogP contribution in [0.3, 0.4) is 0 Å². The second-order valence-electron chi connectivity index (χ2n) is 4.20. The Labute approximate surface area is 121 Å². The molecule has 1 rings (SSSR count). The van der Waals surface area contributed by atoms with Crippen molar-refractivity contribution in [3.05, 3.63) is 40.9 Å². The fourth-order valence-corrected chi connectivity index (χ4v) is 2.07. The van der Waals surface area contributed by atoms with Gasteiger partial charge in [0.25, 0.3) is 0 Å². The molecule has 0 fully saturated rings. The van der Waals surface area contributed by atoms with Gasteiger partial charge in [-0.3, -0.25) is 9.59 Å². The summed E-state index contributed by atoms with van der Waals surface area (Å²) >= 11 is 3.37. The Bertz CT molecular complexity index is 500. The van der Waals surface area contributed by atoms with Crippen molar-refractivity contribution in [3.8, 4) is 0 Å². The zero-order chi connectivity index (χ0) is 14.4. The largest absolute Gasteiger partial charge is 0.330 e. The lowest BCUT2D eigenvalue weighted by atomic mass is 10.2. The third-order valence-corrected chi connectivity index (χ3v) is 3.09. The summed E-state index contributed by atoms with van der Waals surface area (Å²) in [5.41, 5.74) is 1.70. The zero-order valence-electron chi connectivity index (χ0n) is 11.1. The molecule has 0 saturated heterocycles. The highest BCUT2D eigenvalue weighted by Crippen LogP contribution is 2.19. The molecule has 19 heavy (non-hydrogen) atoms. The Morgan fingerprint density at radius 1 is 1.47 bits per heavy atom. The number of rotatable bonds is 5. The lowest BCUT2D eigenvalue weighted by Gasteiger charge is -2.19. The molecule has 0 unspecified atom stereocenters. The maximum atomic E-state index is 11.9. The van der Waals surface area contributed by atoms with Crippen molar-refractivity contribution in [1.29, 1.82) is 0 Å². The van der Waals surface area contributed by atoms with Crippen LogP contribution in [0.5, 0.6) is 0 Å². The Balaban J connectivity index is 2.68. The molecule has 0 atom stereocenters. The fourth-order valence-electron chi connectivity index (χ4n) is 1.59. The van der Waals surface area contributed by atoms with Gasteiger partial charge in [-0.15, -0.1) is 6.58 Å². The average Bonchev–Trinajstić information content (AvgIpc) is 2.32. The molecule has 0 saturated carbocycles. The predicted molar refractivity (Wildman–Crippen MR) is 80.0 cm³/mol. The highest BCUT2D eigenvalue weighted by Gasteiger charge is 2.12. The number of hydrogen-bond acceptors (Lipinski definition) is 2. The van der Waals surface area contributed by atoms with E-state index in [1.165, 1.54) is 11.8 Å². The van der Waals surface area contributed by atoms with Gasteiger partial charge in [0.2, 0.25) is 11.8 Å². The number of halogens is 1. The van der Waals surface area contributed by atoms with E-state index < -0.39 is 0 Å². The van der Waals surface area contributed by atoms with Gasteiger partial charge in [-0.25, -0.2) is 0 Å². The van der Waals surface area contributed by atoms with Gasteiger partial charge >= 0.3 is 0 Å². The molecule has 0 aliphatic carbocycles. The van der Waals surface area contributed by atoms with Gasteiger partial charge in [-0.2, -0.15) is 0 Å². The summed E-state index contributed by atoms with van der Waals surface area (Å²) in [6.07, 6.45) is 1.60. The molecule has 1 aromatic rings. The van der Waals surface area contributed by atoms with Crippen molar-refractivity contribution >= 4 is 33.4 Å². The van der Waals surface area contributed by atoms with Crippen LogP contribution in [0.1, 0.15) is 12.5 Å². The molecule has 0 spiro atoms. The average molecular weight is 325 g/mol. The first kappa shape index (κ1) is 15.4. The lowest BCUT2D eigenvalue weighted by molar-refractivity contribution is -0.132. The molecular formula is C14H17BrN2O2. The van der Waals surface area contributed by atoms with E-state index in [2.05, 4.69) is 27.8 Å². The van der Waals surface area contributed by atoms with E-state index >= 15 is 0 Å². The van der Waals surface area contributed by atoms with Gasteiger partial charge in [-0.05, 0) is 30.7 Å². The summed E-state index contributed by atoms with van der Waals surface area (Å²) < 4.78 is 0.958. The maximum absolute atomic E-state index is 11.9. The summed E-state index contributed by atoms with van der Waals surface area (Å²) in [5.74, 6) is -0.370. The maximum Gasteiger partial charge on any atom is 0.244 e. The minimum Gasteiger partial charge on any atom is -0.330 e. The van der Waals surface area contributed by atoms with E-state index in [1.54, 1.807) is 6.08 Å². The van der Waals surface area contributed by atoms with Crippen LogP contribution in [0.2, 0.25) is 0 Å². The molecule has 0 heterocycles. The summed E-state index contributed by atoms with van der Waals surface area (Å²) in [6, 6.07) is 5.60. The first-order chi connectivity index (χ1) is 8.93. The Morgan fingerprint density at radius 2 is 2.16 bits per heavy atom. The monoisotopic (exact) mass is 324 g/mol. The highest BCUT2D eigenvalue weighted by atomic mass is 79.9. The number of carbonyl (C=O) groups excluding carboxylic acids is 2. The SMILES string of the molecule is C=CCN(CC(=O)Nc1ccc(Br)cc1C)C(C)=O. The first-order valence-electron chi connectivity index (χ1n) is 5.86. The Morgan fingerprint density at radius 3 is 2.68 bits per heavy atom. The van der Waals surface area contributed by atoms with Crippen LogP contribution < -0.4 is 5.32 Å². The molecule has 1 aromatic carbocycles. The van der Waals surface area contributed by atoms with Crippen LogP contribution in [-0.4, -0.2) is 29.8 Å². The molecule has 0 aliphatic heterocycles. The van der Waals surface area contributed by atoms with Crippen molar-refractivity contribution < 1.29 is 9.59 Å². The van der Waals surface area contributed by atoms with E-state index in [1.807, 2.05) is 25.1 Å². The summed E-state index contributed by atoms with van der Waals surface area (Å²) in [6.45, 7) is 7.30. The van der Waals surface area contributed by atoms with Gasteiger partial charge in [0.1, 0.15) is 6.54 Å². The normalized spacial score (nSPS) is 9.84. The van der Waals surface area contributed by atoms with Gasteiger partial charge in [0.05, 0.1) is 0 Å². The van der Waals surface area contributed by atoms with E-state index in [-0.39, 0.29) is 18.4 Å². The number of hydrogen-bond donors (Lipinski definition) is 1. The lowest BCUT2D eigenvalue weighted by Crippen LogP contribution is -2.36. The fraction of sp³-hybridized carbons (Fsp3) is 0.286. The van der Waals surface area contributed by atoms with Crippen LogP contribution in [0.4, 0.5) is 5.69 Å². The van der Waals surface area contributed by atoms with Crippen LogP contribution in [-0.2, 0) is 9.59 Å². The van der Waals surface area contributed by atoms with Crippen LogP contribution in [0.25, 0.3) is 0 Å². The number of carbonyl (C=O) groups is 2. The minimum atomic E-state index is -0.220. The molecule has 1 N–H and O–H groups in total. The van der Waals surface area contributed by atoms with Crippen molar-refractivity contribution in [2.24, 2.45) is 0 Å². The Kier molecular flexibility index (Phi) is 5.76. The van der Waals surface area contributed by atoms with Crippen molar-refractivity contribution in [2.75, 3.05) is 18.4 Å². The van der Waals surface area contributed by atoms with Crippen LogP contribution >= 0.6 is 15.9 Å². The molecule has 2 amide bonds. The van der Waals surface area contributed by atoms with E-state index in [4.69, 9.17) is 0 Å². The van der Waals surface area contributed by atoms with E-state index in [9.17, 15) is 9.59 Å². The molecule has 0 aliphatic rings. The van der Waals surface area contributed by atoms with Crippen molar-refractivity contribution in [1.82, 2.24) is 4.90 Å². The highest BCUT2D eigenvalue weighted by molar-refractivity contribution is 9.10. The van der Waals surface area contributed by atoms with Crippen LogP contribution in [0, 0.1) is 6.92 Å². The number of anilines is 1. The Hall–Kier alpha value is -1.62. The smallest absolute Gasteiger partial charge is 0.244 e. The number of nitrogens with one attached hydrogen (secondary N) is 1. The summed E-state index contributed by atoms with van der Waals surface area (Å²) in [5, 5.41) is 2.79. The summed E-state index contributed by atoms with van der Waals surface area (Å²) in [4.78, 5) is 24.6. The van der Waals surface area contributed by atoms with E-state index in [0.717, 1.165) is 15.7 Å². The molecule has 0 radical (unpaired) electrons. The number of benzene rings is 1. The molecule has 5 heteroatoms. The van der Waals surface area contributed by atoms with Crippen molar-refractivity contribution in [2.45, 2.75) is 13.8 Å². The second kappa shape index (κ2) is 7.09. The molecule has 102 valence electrons. The number of nitrogens with zero attached hydrogens (tertiary/aromatic N) is 1. The van der Waals surface area contributed by atoms with Crippen molar-refractivity contribution in [3.63, 3.8) is 0 Å².